The quantitative estimate of drug-likeness (QED) is 0.183. The zero-order chi connectivity index (χ0) is 31.5. The van der Waals surface area contributed by atoms with E-state index >= 15 is 0 Å². The number of halogens is 6. The number of fused-ring (bicyclic) bond motifs is 1. The Morgan fingerprint density at radius 3 is 2.14 bits per heavy atom. The molecule has 228 valence electrons. The number of unbranched alkanes of at least 4 members (excludes halogenated alkanes) is 1. The summed E-state index contributed by atoms with van der Waals surface area (Å²) in [6.07, 6.45) is -9.30. The maximum atomic E-state index is 13.9. The third kappa shape index (κ3) is 6.68. The smallest absolute Gasteiger partial charge is 0.416 e. The van der Waals surface area contributed by atoms with Gasteiger partial charge in [0.05, 0.1) is 40.4 Å². The van der Waals surface area contributed by atoms with Gasteiger partial charge in [-0.3, -0.25) is 14.2 Å². The Bertz CT molecular complexity index is 1650. The van der Waals surface area contributed by atoms with E-state index in [9.17, 15) is 35.9 Å². The molecule has 0 saturated heterocycles. The monoisotopic (exact) mass is 605 g/mol. The number of benzene rings is 3. The summed E-state index contributed by atoms with van der Waals surface area (Å²) >= 11 is 0. The van der Waals surface area contributed by atoms with Gasteiger partial charge in [0.2, 0.25) is 0 Å². The second-order valence-corrected chi connectivity index (χ2v) is 9.85. The number of hydrogen-bond acceptors (Lipinski definition) is 4. The number of carbonyl (C=O) groups excluding carboxylic acids is 1. The van der Waals surface area contributed by atoms with Crippen molar-refractivity contribution in [2.24, 2.45) is 0 Å². The van der Waals surface area contributed by atoms with Crippen LogP contribution in [-0.4, -0.2) is 33.5 Å². The fourth-order valence-corrected chi connectivity index (χ4v) is 4.77. The van der Waals surface area contributed by atoms with Crippen molar-refractivity contribution in [3.05, 3.63) is 99.6 Å². The van der Waals surface area contributed by atoms with Crippen molar-refractivity contribution in [2.45, 2.75) is 52.0 Å². The van der Waals surface area contributed by atoms with Crippen molar-refractivity contribution in [3.8, 4) is 11.4 Å². The minimum absolute atomic E-state index is 0.0239. The molecule has 0 radical (unpaired) electrons. The first-order valence-electron chi connectivity index (χ1n) is 13.6. The largest absolute Gasteiger partial charge is 0.492 e. The number of ether oxygens (including phenoxy) is 1. The van der Waals surface area contributed by atoms with Crippen LogP contribution in [0.3, 0.4) is 0 Å². The van der Waals surface area contributed by atoms with E-state index in [0.717, 1.165) is 4.90 Å². The second kappa shape index (κ2) is 12.5. The van der Waals surface area contributed by atoms with Crippen LogP contribution >= 0.6 is 0 Å². The normalized spacial score (nSPS) is 12.8. The summed E-state index contributed by atoms with van der Waals surface area (Å²) in [6.45, 7) is 5.36. The highest BCUT2D eigenvalue weighted by Gasteiger charge is 2.38. The van der Waals surface area contributed by atoms with E-state index in [2.05, 4.69) is 4.98 Å². The first-order valence-corrected chi connectivity index (χ1v) is 13.6. The van der Waals surface area contributed by atoms with Crippen LogP contribution in [0.15, 0.2) is 71.5 Å². The number of para-hydroxylation sites is 3. The summed E-state index contributed by atoms with van der Waals surface area (Å²) in [6, 6.07) is 12.9. The second-order valence-electron chi connectivity index (χ2n) is 9.85. The molecule has 1 atom stereocenters. The van der Waals surface area contributed by atoms with Gasteiger partial charge in [0.25, 0.3) is 11.5 Å². The molecule has 12 heteroatoms. The predicted molar refractivity (Wildman–Crippen MR) is 149 cm³/mol. The van der Waals surface area contributed by atoms with Crippen LogP contribution in [0.1, 0.15) is 67.0 Å². The number of amides is 1. The summed E-state index contributed by atoms with van der Waals surface area (Å²) in [5.74, 6) is -0.662. The van der Waals surface area contributed by atoms with Crippen molar-refractivity contribution in [2.75, 3.05) is 13.2 Å². The Morgan fingerprint density at radius 1 is 0.930 bits per heavy atom. The highest BCUT2D eigenvalue weighted by molar-refractivity contribution is 5.95. The lowest BCUT2D eigenvalue weighted by atomic mass is 10.0. The van der Waals surface area contributed by atoms with E-state index in [0.29, 0.717) is 41.9 Å². The van der Waals surface area contributed by atoms with E-state index in [1.165, 1.54) is 11.5 Å². The van der Waals surface area contributed by atoms with Gasteiger partial charge in [0, 0.05) is 12.1 Å². The molecule has 4 aromatic rings. The first-order chi connectivity index (χ1) is 20.3. The van der Waals surface area contributed by atoms with Crippen LogP contribution in [0.4, 0.5) is 26.3 Å². The molecule has 0 aliphatic rings. The molecule has 0 bridgehead atoms. The summed E-state index contributed by atoms with van der Waals surface area (Å²) < 4.78 is 88.7. The third-order valence-corrected chi connectivity index (χ3v) is 6.90. The number of carbonyl (C=O) groups is 1. The van der Waals surface area contributed by atoms with Gasteiger partial charge in [0.15, 0.2) is 0 Å². The minimum Gasteiger partial charge on any atom is -0.492 e. The van der Waals surface area contributed by atoms with Crippen LogP contribution < -0.4 is 10.3 Å². The van der Waals surface area contributed by atoms with Gasteiger partial charge in [-0.1, -0.05) is 37.6 Å². The predicted octanol–water partition coefficient (Wildman–Crippen LogP) is 7.83. The molecule has 1 amide bonds. The van der Waals surface area contributed by atoms with Crippen LogP contribution in [0.5, 0.6) is 5.75 Å². The average molecular weight is 606 g/mol. The Labute approximate surface area is 243 Å². The van der Waals surface area contributed by atoms with Crippen molar-refractivity contribution in [3.63, 3.8) is 0 Å². The first kappa shape index (κ1) is 31.6. The Kier molecular flexibility index (Phi) is 9.17. The molecule has 0 fully saturated rings. The maximum Gasteiger partial charge on any atom is 0.416 e. The molecule has 1 heterocycles. The van der Waals surface area contributed by atoms with E-state index < -0.39 is 46.6 Å². The summed E-state index contributed by atoms with van der Waals surface area (Å²) in [7, 11) is 0. The van der Waals surface area contributed by atoms with Gasteiger partial charge in [-0.15, -0.1) is 0 Å². The summed E-state index contributed by atoms with van der Waals surface area (Å²) in [5, 5.41) is 0.267. The van der Waals surface area contributed by atoms with Crippen molar-refractivity contribution < 1.29 is 35.9 Å². The molecule has 0 aliphatic carbocycles. The summed E-state index contributed by atoms with van der Waals surface area (Å²) in [5.41, 5.74) is -3.84. The standard InChI is InChI=1S/C31H29F6N3O3/c1-4-6-15-39(28(41)20-16-21(30(32,33)34)18-22(17-20)31(35,36)37)19(3)27-38-24-12-8-7-11-23(24)29(42)40(27)25-13-9-10-14-26(25)43-5-2/h7-14,16-19H,4-6,15H2,1-3H3. The van der Waals surface area contributed by atoms with E-state index in [1.54, 1.807) is 55.5 Å². The molecular formula is C31H29F6N3O3. The Balaban J connectivity index is 1.95. The maximum absolute atomic E-state index is 13.9. The van der Waals surface area contributed by atoms with E-state index in [4.69, 9.17) is 4.74 Å². The van der Waals surface area contributed by atoms with E-state index in [-0.39, 0.29) is 30.4 Å². The Hall–Kier alpha value is -4.35. The molecule has 3 aromatic carbocycles. The average Bonchev–Trinajstić information content (AvgIpc) is 2.96. The molecule has 6 nitrogen and oxygen atoms in total. The number of nitrogens with zero attached hydrogens (tertiary/aromatic N) is 3. The molecule has 0 saturated carbocycles. The molecule has 1 unspecified atom stereocenters. The lowest BCUT2D eigenvalue weighted by Crippen LogP contribution is -2.38. The van der Waals surface area contributed by atoms with Crippen molar-refractivity contribution >= 4 is 16.8 Å². The van der Waals surface area contributed by atoms with Gasteiger partial charge in [-0.2, -0.15) is 26.3 Å². The van der Waals surface area contributed by atoms with Crippen LogP contribution in [0.25, 0.3) is 16.6 Å². The van der Waals surface area contributed by atoms with Crippen LogP contribution in [-0.2, 0) is 12.4 Å². The van der Waals surface area contributed by atoms with E-state index in [1.807, 2.05) is 6.92 Å². The molecule has 0 N–H and O–H groups in total. The topological polar surface area (TPSA) is 64.4 Å². The highest BCUT2D eigenvalue weighted by atomic mass is 19.4. The molecule has 4 rings (SSSR count). The molecule has 1 aromatic heterocycles. The van der Waals surface area contributed by atoms with Crippen molar-refractivity contribution in [1.82, 2.24) is 14.5 Å². The Morgan fingerprint density at radius 2 is 1.53 bits per heavy atom. The number of hydrogen-bond donors (Lipinski definition) is 0. The zero-order valence-electron chi connectivity index (χ0n) is 23.6. The number of rotatable bonds is 9. The lowest BCUT2D eigenvalue weighted by Gasteiger charge is -2.31. The van der Waals surface area contributed by atoms with Gasteiger partial charge in [0.1, 0.15) is 11.6 Å². The van der Waals surface area contributed by atoms with Crippen LogP contribution in [0, 0.1) is 0 Å². The van der Waals surface area contributed by atoms with Gasteiger partial charge in [-0.05, 0) is 62.7 Å². The molecule has 0 aliphatic heterocycles. The minimum atomic E-state index is -5.13. The third-order valence-electron chi connectivity index (χ3n) is 6.90. The zero-order valence-corrected chi connectivity index (χ0v) is 23.6. The van der Waals surface area contributed by atoms with Gasteiger partial charge >= 0.3 is 12.4 Å². The van der Waals surface area contributed by atoms with Crippen LogP contribution in [0.2, 0.25) is 0 Å². The fraction of sp³-hybridized carbons (Fsp3) is 0.323. The summed E-state index contributed by atoms with van der Waals surface area (Å²) in [4.78, 5) is 33.6. The number of alkyl halides is 6. The molecule has 0 spiro atoms. The van der Waals surface area contributed by atoms with Gasteiger partial charge in [-0.25, -0.2) is 4.98 Å². The SMILES string of the molecule is CCCCN(C(=O)c1cc(C(F)(F)F)cc(C(F)(F)F)c1)C(C)c1nc2ccccc2c(=O)n1-c1ccccc1OCC. The highest BCUT2D eigenvalue weighted by Crippen LogP contribution is 2.37. The molecule has 43 heavy (non-hydrogen) atoms. The fourth-order valence-electron chi connectivity index (χ4n) is 4.77. The van der Waals surface area contributed by atoms with Gasteiger partial charge < -0.3 is 9.64 Å². The lowest BCUT2D eigenvalue weighted by molar-refractivity contribution is -0.143. The number of aromatic nitrogens is 2. The molecular weight excluding hydrogens is 576 g/mol. The van der Waals surface area contributed by atoms with Crippen molar-refractivity contribution in [1.29, 1.82) is 0 Å².